The summed E-state index contributed by atoms with van der Waals surface area (Å²) in [5.74, 6) is 0. The number of benzene rings is 2. The zero-order valence-electron chi connectivity index (χ0n) is 54.0. The molecular weight excluding hydrogens is 1000 g/mol. The molecule has 0 N–H and O–H groups in total. The van der Waals surface area contributed by atoms with Crippen LogP contribution in [-0.4, -0.2) is 4.70 Å². The Labute approximate surface area is 501 Å². The second-order valence-corrected chi connectivity index (χ2v) is 26.0. The van der Waals surface area contributed by atoms with Gasteiger partial charge in [-0.25, -0.2) is 4.70 Å². The molecule has 2 aromatic rings. The van der Waals surface area contributed by atoms with Crippen molar-refractivity contribution in [2.24, 2.45) is 0 Å². The molecular formula is C76H134N2Ni. The summed E-state index contributed by atoms with van der Waals surface area (Å²) in [5, 5.41) is 2.87. The SMILES string of the molecule is CCCCCCC1=C(c2cccc(CC)c2)[N+](=[N-])C(c2cccc(CC)c2)=C1CC.CCCCCCCCCCCCCCCCCCCCCCC[CH2][Ni][CH2]CCCCCCCCCCCCCCCCCCCCCCC. The van der Waals surface area contributed by atoms with Crippen molar-refractivity contribution < 1.29 is 19.1 Å². The van der Waals surface area contributed by atoms with E-state index in [4.69, 9.17) is 0 Å². The maximum atomic E-state index is 11.5. The van der Waals surface area contributed by atoms with Gasteiger partial charge in [0.15, 0.2) is 0 Å². The van der Waals surface area contributed by atoms with Gasteiger partial charge in [-0.05, 0) is 67.5 Å². The van der Waals surface area contributed by atoms with Crippen molar-refractivity contribution in [2.75, 3.05) is 0 Å². The van der Waals surface area contributed by atoms with Gasteiger partial charge in [-0.15, -0.1) is 0 Å². The number of aryl methyl sites for hydroxylation is 2. The Morgan fingerprint density at radius 2 is 0.544 bits per heavy atom. The van der Waals surface area contributed by atoms with Crippen LogP contribution in [0.15, 0.2) is 59.7 Å². The van der Waals surface area contributed by atoms with E-state index in [9.17, 15) is 5.53 Å². The van der Waals surface area contributed by atoms with Gasteiger partial charge >= 0.3 is 166 Å². The van der Waals surface area contributed by atoms with Crippen molar-refractivity contribution in [2.45, 2.75) is 386 Å². The zero-order chi connectivity index (χ0) is 56.7. The number of hydrogen-bond donors (Lipinski definition) is 0. The van der Waals surface area contributed by atoms with E-state index in [1.807, 2.05) is 0 Å². The van der Waals surface area contributed by atoms with Crippen molar-refractivity contribution in [1.82, 2.24) is 0 Å². The molecule has 1 aliphatic rings. The smallest absolute Gasteiger partial charge is 0.0654 e. The maximum absolute atomic E-state index is 11.5. The van der Waals surface area contributed by atoms with Crippen LogP contribution in [0.5, 0.6) is 0 Å². The van der Waals surface area contributed by atoms with Crippen LogP contribution in [0.25, 0.3) is 16.9 Å². The zero-order valence-corrected chi connectivity index (χ0v) is 55.0. The van der Waals surface area contributed by atoms with E-state index >= 15 is 0 Å². The normalized spacial score (nSPS) is 12.7. The molecule has 0 bridgehead atoms. The molecule has 0 unspecified atom stereocenters. The van der Waals surface area contributed by atoms with Gasteiger partial charge in [-0.2, -0.15) is 0 Å². The van der Waals surface area contributed by atoms with Crippen LogP contribution in [0.2, 0.25) is 10.8 Å². The van der Waals surface area contributed by atoms with Crippen LogP contribution in [0.4, 0.5) is 0 Å². The summed E-state index contributed by atoms with van der Waals surface area (Å²) in [4.78, 5) is 0. The minimum absolute atomic E-state index is 0.919. The average molecular weight is 1130 g/mol. The van der Waals surface area contributed by atoms with E-state index in [2.05, 4.69) is 105 Å². The van der Waals surface area contributed by atoms with Gasteiger partial charge in [0.25, 0.3) is 0 Å². The molecule has 0 saturated carbocycles. The van der Waals surface area contributed by atoms with Crippen molar-refractivity contribution in [1.29, 1.82) is 0 Å². The first-order valence-corrected chi connectivity index (χ1v) is 37.0. The fourth-order valence-electron chi connectivity index (χ4n) is 12.1. The van der Waals surface area contributed by atoms with Gasteiger partial charge in [-0.1, -0.05) is 226 Å². The van der Waals surface area contributed by atoms with E-state index in [-0.39, 0.29) is 0 Å². The molecule has 3 heteroatoms. The van der Waals surface area contributed by atoms with E-state index in [0.29, 0.717) is 0 Å². The number of rotatable bonds is 56. The van der Waals surface area contributed by atoms with Crippen LogP contribution < -0.4 is 0 Å². The molecule has 0 amide bonds. The minimum Gasteiger partial charge on any atom is -0.0654 e. The third-order valence-electron chi connectivity index (χ3n) is 17.4. The third-order valence-corrected chi connectivity index (χ3v) is 18.8. The van der Waals surface area contributed by atoms with Crippen LogP contribution in [0.1, 0.15) is 385 Å². The van der Waals surface area contributed by atoms with Crippen molar-refractivity contribution in [3.63, 3.8) is 0 Å². The Morgan fingerprint density at radius 3 is 0.810 bits per heavy atom. The molecule has 0 fully saturated rings. The minimum atomic E-state index is 0.919. The van der Waals surface area contributed by atoms with Gasteiger partial charge in [0.2, 0.25) is 11.4 Å². The summed E-state index contributed by atoms with van der Waals surface area (Å²) >= 11 is 2.05. The molecule has 0 spiro atoms. The fraction of sp³-hybridized carbons (Fsp3) is 0.789. The van der Waals surface area contributed by atoms with E-state index in [1.54, 1.807) is 0 Å². The average Bonchev–Trinajstić information content (AvgIpc) is 3.90. The van der Waals surface area contributed by atoms with Crippen molar-refractivity contribution in [3.05, 3.63) is 87.5 Å². The molecule has 0 radical (unpaired) electrons. The van der Waals surface area contributed by atoms with Gasteiger partial charge in [0.1, 0.15) is 0 Å². The second-order valence-electron chi connectivity index (χ2n) is 24.6. The number of nitrogens with zero attached hydrogens (tertiary/aromatic N) is 2. The predicted molar refractivity (Wildman–Crippen MR) is 352 cm³/mol. The van der Waals surface area contributed by atoms with E-state index in [1.165, 1.54) is 346 Å². The van der Waals surface area contributed by atoms with Crippen molar-refractivity contribution >= 4 is 11.4 Å². The number of unbranched alkanes of at least 4 members (excludes halogenated alkanes) is 45. The Morgan fingerprint density at radius 1 is 0.291 bits per heavy atom. The standard InChI is InChI=1S/C28H36N2.2C24H49.Ni/c1-5-9-10-11-18-26-25(8-4)27(23-16-12-14-21(6-2)19-23)30(29)28(26)24-17-13-15-22(7-3)20-24;2*1-3-5-7-9-11-13-15-17-19-21-23-24-22-20-18-16-14-12-10-8-6-4-2;/h12-17,19-20H,5-11,18H2,1-4H3;2*1,3-24H2,2H3;. The Hall–Kier alpha value is -1.99. The summed E-state index contributed by atoms with van der Waals surface area (Å²) in [6.45, 7) is 13.4. The monoisotopic (exact) mass is 1130 g/mol. The van der Waals surface area contributed by atoms with Crippen LogP contribution in [-0.2, 0) is 27.3 Å². The second kappa shape index (κ2) is 55.2. The quantitative estimate of drug-likeness (QED) is 0.0358. The Balaban J connectivity index is 0.000000601. The van der Waals surface area contributed by atoms with E-state index < -0.39 is 0 Å². The van der Waals surface area contributed by atoms with Gasteiger partial charge in [-0.3, -0.25) is 0 Å². The van der Waals surface area contributed by atoms with Crippen LogP contribution >= 0.6 is 0 Å². The third kappa shape index (κ3) is 38.5. The summed E-state index contributed by atoms with van der Waals surface area (Å²) < 4.78 is 1.48. The molecule has 0 aromatic heterocycles. The van der Waals surface area contributed by atoms with E-state index in [0.717, 1.165) is 48.2 Å². The summed E-state index contributed by atoms with van der Waals surface area (Å²) in [6, 6.07) is 17.3. The topological polar surface area (TPSA) is 25.3 Å². The molecule has 79 heavy (non-hydrogen) atoms. The molecule has 458 valence electrons. The van der Waals surface area contributed by atoms with Crippen LogP contribution in [0, 0.1) is 0 Å². The Bertz CT molecular complexity index is 1690. The first kappa shape index (κ1) is 73.1. The molecule has 2 nitrogen and oxygen atoms in total. The van der Waals surface area contributed by atoms with Crippen LogP contribution in [0.3, 0.4) is 0 Å². The number of allylic oxidation sites excluding steroid dienone is 2. The fourth-order valence-corrected chi connectivity index (χ4v) is 13.3. The molecule has 0 saturated heterocycles. The number of hydrogen-bond acceptors (Lipinski definition) is 0. The molecule has 1 heterocycles. The molecule has 1 aliphatic heterocycles. The molecule has 0 aliphatic carbocycles. The van der Waals surface area contributed by atoms with Gasteiger partial charge < -0.3 is 5.53 Å². The Kier molecular flexibility index (Phi) is 51.1. The van der Waals surface area contributed by atoms with Crippen molar-refractivity contribution in [3.8, 4) is 0 Å². The summed E-state index contributed by atoms with van der Waals surface area (Å²) in [6.07, 6.45) is 74.1. The first-order valence-electron chi connectivity index (χ1n) is 35.6. The predicted octanol–water partition coefficient (Wildman–Crippen LogP) is 27.5. The summed E-state index contributed by atoms with van der Waals surface area (Å²) in [5.41, 5.74) is 20.9. The molecule has 3 rings (SSSR count). The first-order chi connectivity index (χ1) is 39.1. The molecule has 2 aromatic carbocycles. The summed E-state index contributed by atoms with van der Waals surface area (Å²) in [7, 11) is 0. The van der Waals surface area contributed by atoms with Gasteiger partial charge in [0, 0.05) is 22.3 Å². The van der Waals surface area contributed by atoms with Gasteiger partial charge in [0.05, 0.1) is 0 Å². The molecule has 0 atom stereocenters.